The molecule has 0 saturated carbocycles. The number of rotatable bonds is 6. The fraction of sp³-hybridized carbons (Fsp3) is 0.176. The molecule has 2 amide bonds. The quantitative estimate of drug-likeness (QED) is 0.671. The Labute approximate surface area is 170 Å². The van der Waals surface area contributed by atoms with E-state index in [9.17, 15) is 18.0 Å². The van der Waals surface area contributed by atoms with Crippen molar-refractivity contribution in [1.82, 2.24) is 4.31 Å². The number of sulfonamides is 1. The third kappa shape index (κ3) is 5.77. The highest BCUT2D eigenvalue weighted by Gasteiger charge is 2.23. The van der Waals surface area contributed by atoms with Gasteiger partial charge in [-0.25, -0.2) is 8.42 Å². The van der Waals surface area contributed by atoms with Gasteiger partial charge in [0, 0.05) is 24.1 Å². The van der Waals surface area contributed by atoms with Crippen molar-refractivity contribution < 1.29 is 18.0 Å². The Balaban J connectivity index is 2.11. The summed E-state index contributed by atoms with van der Waals surface area (Å²) in [6.45, 7) is 0.952. The maximum Gasteiger partial charge on any atom is 0.243 e. The number of likely N-dealkylation sites (N-methyl/N-ethyl adjacent to an activating group) is 1. The summed E-state index contributed by atoms with van der Waals surface area (Å²) in [7, 11) is -2.50. The Kier molecular flexibility index (Phi) is 6.99. The number of hydrogen-bond donors (Lipinski definition) is 2. The van der Waals surface area contributed by atoms with E-state index < -0.39 is 22.5 Å². The third-order valence-corrected chi connectivity index (χ3v) is 6.12. The Hall–Kier alpha value is -1.94. The van der Waals surface area contributed by atoms with E-state index in [4.69, 9.17) is 11.6 Å². The number of nitrogens with one attached hydrogen (secondary N) is 2. The second-order valence-corrected chi connectivity index (χ2v) is 9.01. The summed E-state index contributed by atoms with van der Waals surface area (Å²) in [5.41, 5.74) is 0.723. The summed E-state index contributed by atoms with van der Waals surface area (Å²) in [6.07, 6.45) is 0. The predicted octanol–water partition coefficient (Wildman–Crippen LogP) is 3.32. The molecule has 0 atom stereocenters. The molecular weight excluding hydrogens is 458 g/mol. The lowest BCUT2D eigenvalue weighted by Gasteiger charge is -2.17. The minimum atomic E-state index is -3.82. The fourth-order valence-electron chi connectivity index (χ4n) is 2.17. The van der Waals surface area contributed by atoms with Crippen molar-refractivity contribution in [3.63, 3.8) is 0 Å². The van der Waals surface area contributed by atoms with E-state index in [0.717, 1.165) is 8.78 Å². The van der Waals surface area contributed by atoms with E-state index in [-0.39, 0.29) is 21.5 Å². The molecule has 2 rings (SSSR count). The number of amides is 2. The van der Waals surface area contributed by atoms with Crippen LogP contribution in [0.1, 0.15) is 6.92 Å². The topological polar surface area (TPSA) is 95.6 Å². The highest BCUT2D eigenvalue weighted by atomic mass is 79.9. The van der Waals surface area contributed by atoms with Crippen molar-refractivity contribution in [2.45, 2.75) is 11.8 Å². The minimum Gasteiger partial charge on any atom is -0.326 e. The van der Waals surface area contributed by atoms with E-state index in [0.29, 0.717) is 5.69 Å². The summed E-state index contributed by atoms with van der Waals surface area (Å²) < 4.78 is 26.7. The Morgan fingerprint density at radius 3 is 2.33 bits per heavy atom. The van der Waals surface area contributed by atoms with Gasteiger partial charge in [-0.2, -0.15) is 4.31 Å². The summed E-state index contributed by atoms with van der Waals surface area (Å²) >= 11 is 9.29. The largest absolute Gasteiger partial charge is 0.326 e. The normalized spacial score (nSPS) is 11.3. The summed E-state index contributed by atoms with van der Waals surface area (Å²) in [6, 6.07) is 10.7. The van der Waals surface area contributed by atoms with Crippen LogP contribution in [0, 0.1) is 0 Å². The first-order chi connectivity index (χ1) is 12.6. The van der Waals surface area contributed by atoms with Crippen LogP contribution in [0.2, 0.25) is 5.02 Å². The van der Waals surface area contributed by atoms with Crippen molar-refractivity contribution in [2.75, 3.05) is 24.2 Å². The molecule has 0 fully saturated rings. The zero-order valence-electron chi connectivity index (χ0n) is 14.5. The number of anilines is 2. The second kappa shape index (κ2) is 8.83. The molecular formula is C17H17BrClN3O4S. The first-order valence-corrected chi connectivity index (χ1v) is 10.3. The van der Waals surface area contributed by atoms with Crippen molar-refractivity contribution in [3.05, 3.63) is 52.0 Å². The Morgan fingerprint density at radius 2 is 1.74 bits per heavy atom. The SMILES string of the molecule is CC(=O)Nc1ccc(Cl)c(NC(=O)CN(C)S(=O)(=O)c2ccc(Br)cc2)c1. The molecule has 0 spiro atoms. The molecule has 0 saturated heterocycles. The summed E-state index contributed by atoms with van der Waals surface area (Å²) in [5.74, 6) is -0.838. The van der Waals surface area contributed by atoms with Gasteiger partial charge in [-0.3, -0.25) is 9.59 Å². The second-order valence-electron chi connectivity index (χ2n) is 5.64. The Bertz CT molecular complexity index is 965. The number of halogens is 2. The molecule has 0 aliphatic rings. The standard InChI is InChI=1S/C17H17BrClN3O4S/c1-11(23)20-13-5-8-15(19)16(9-13)21-17(24)10-22(2)27(25,26)14-6-3-12(18)4-7-14/h3-9H,10H2,1-2H3,(H,20,23)(H,21,24). The fourth-order valence-corrected chi connectivity index (χ4v) is 3.72. The Morgan fingerprint density at radius 1 is 1.11 bits per heavy atom. The summed E-state index contributed by atoms with van der Waals surface area (Å²) in [4.78, 5) is 23.5. The number of hydrogen-bond acceptors (Lipinski definition) is 4. The van der Waals surface area contributed by atoms with E-state index in [2.05, 4.69) is 26.6 Å². The highest BCUT2D eigenvalue weighted by Crippen LogP contribution is 2.26. The van der Waals surface area contributed by atoms with Crippen LogP contribution in [0.5, 0.6) is 0 Å². The molecule has 0 aliphatic heterocycles. The lowest BCUT2D eigenvalue weighted by molar-refractivity contribution is -0.116. The molecule has 27 heavy (non-hydrogen) atoms. The van der Waals surface area contributed by atoms with E-state index in [1.807, 2.05) is 0 Å². The molecule has 0 unspecified atom stereocenters. The molecule has 0 bridgehead atoms. The van der Waals surface area contributed by atoms with Crippen LogP contribution in [0.15, 0.2) is 51.8 Å². The van der Waals surface area contributed by atoms with Crippen LogP contribution in [-0.2, 0) is 19.6 Å². The number of benzene rings is 2. The van der Waals surface area contributed by atoms with E-state index >= 15 is 0 Å². The molecule has 0 heterocycles. The van der Waals surface area contributed by atoms with Crippen LogP contribution >= 0.6 is 27.5 Å². The molecule has 2 aromatic rings. The average molecular weight is 475 g/mol. The van der Waals surface area contributed by atoms with Gasteiger partial charge in [0.25, 0.3) is 0 Å². The van der Waals surface area contributed by atoms with Crippen molar-refractivity contribution in [2.24, 2.45) is 0 Å². The summed E-state index contributed by atoms with van der Waals surface area (Å²) in [5, 5.41) is 5.39. The molecule has 0 radical (unpaired) electrons. The molecule has 0 aromatic heterocycles. The third-order valence-electron chi connectivity index (χ3n) is 3.45. The molecule has 7 nitrogen and oxygen atoms in total. The zero-order valence-corrected chi connectivity index (χ0v) is 17.7. The maximum atomic E-state index is 12.5. The maximum absolute atomic E-state index is 12.5. The van der Waals surface area contributed by atoms with Crippen molar-refractivity contribution in [1.29, 1.82) is 0 Å². The van der Waals surface area contributed by atoms with Gasteiger partial charge in [0.1, 0.15) is 0 Å². The average Bonchev–Trinajstić information content (AvgIpc) is 2.57. The van der Waals surface area contributed by atoms with Crippen LogP contribution in [0.25, 0.3) is 0 Å². The smallest absolute Gasteiger partial charge is 0.243 e. The van der Waals surface area contributed by atoms with E-state index in [1.165, 1.54) is 38.2 Å². The van der Waals surface area contributed by atoms with Gasteiger partial charge in [-0.15, -0.1) is 0 Å². The molecule has 10 heteroatoms. The van der Waals surface area contributed by atoms with Gasteiger partial charge in [-0.1, -0.05) is 27.5 Å². The first kappa shape index (κ1) is 21.4. The van der Waals surface area contributed by atoms with Crippen LogP contribution in [0.3, 0.4) is 0 Å². The lowest BCUT2D eigenvalue weighted by Crippen LogP contribution is -2.35. The van der Waals surface area contributed by atoms with Crippen LogP contribution in [0.4, 0.5) is 11.4 Å². The van der Waals surface area contributed by atoms with E-state index in [1.54, 1.807) is 18.2 Å². The zero-order chi connectivity index (χ0) is 20.2. The molecule has 144 valence electrons. The van der Waals surface area contributed by atoms with Gasteiger partial charge in [0.05, 0.1) is 22.2 Å². The first-order valence-electron chi connectivity index (χ1n) is 7.68. The molecule has 2 N–H and O–H groups in total. The van der Waals surface area contributed by atoms with Crippen molar-refractivity contribution >= 4 is 60.7 Å². The van der Waals surface area contributed by atoms with Crippen LogP contribution in [-0.4, -0.2) is 38.1 Å². The van der Waals surface area contributed by atoms with Gasteiger partial charge in [0.2, 0.25) is 21.8 Å². The van der Waals surface area contributed by atoms with Gasteiger partial charge in [0.15, 0.2) is 0 Å². The van der Waals surface area contributed by atoms with Gasteiger partial charge < -0.3 is 10.6 Å². The minimum absolute atomic E-state index is 0.0756. The van der Waals surface area contributed by atoms with Crippen molar-refractivity contribution in [3.8, 4) is 0 Å². The highest BCUT2D eigenvalue weighted by molar-refractivity contribution is 9.10. The lowest BCUT2D eigenvalue weighted by atomic mass is 10.2. The monoisotopic (exact) mass is 473 g/mol. The van der Waals surface area contributed by atoms with Crippen LogP contribution < -0.4 is 10.6 Å². The number of nitrogens with zero attached hydrogens (tertiary/aromatic N) is 1. The molecule has 0 aliphatic carbocycles. The number of carbonyl (C=O) groups excluding carboxylic acids is 2. The number of carbonyl (C=O) groups is 2. The van der Waals surface area contributed by atoms with Gasteiger partial charge >= 0.3 is 0 Å². The molecule has 2 aromatic carbocycles. The van der Waals surface area contributed by atoms with Gasteiger partial charge in [-0.05, 0) is 42.5 Å². The predicted molar refractivity (Wildman–Crippen MR) is 108 cm³/mol.